The van der Waals surface area contributed by atoms with E-state index in [1.165, 1.54) is 38.8 Å². The summed E-state index contributed by atoms with van der Waals surface area (Å²) in [6, 6.07) is 19.6. The summed E-state index contributed by atoms with van der Waals surface area (Å²) in [5.41, 5.74) is 13.9. The summed E-state index contributed by atoms with van der Waals surface area (Å²) in [6.45, 7) is 17.5. The molecule has 1 saturated carbocycles. The van der Waals surface area contributed by atoms with Crippen LogP contribution >= 0.6 is 11.3 Å². The second kappa shape index (κ2) is 22.4. The third-order valence-corrected chi connectivity index (χ3v) is 20.5. The summed E-state index contributed by atoms with van der Waals surface area (Å²) in [5, 5.41) is 26.8. The molecule has 2 aromatic carbocycles. The van der Waals surface area contributed by atoms with Gasteiger partial charge in [-0.15, -0.1) is 21.5 Å². The number of piperazine rings is 1. The molecule has 6 aliphatic heterocycles. The van der Waals surface area contributed by atoms with Gasteiger partial charge >= 0.3 is 0 Å². The third-order valence-electron chi connectivity index (χ3n) is 19.5. The zero-order chi connectivity index (χ0) is 54.5. The molecule has 18 heteroatoms. The molecule has 1 aliphatic carbocycles. The number of hydrogen-bond donors (Lipinski definition) is 3. The quantitative estimate of drug-likeness (QED) is 0.0958. The minimum atomic E-state index is -0.522. The molecule has 12 rings (SSSR count). The molecule has 0 radical (unpaired) electrons. The van der Waals surface area contributed by atoms with Crippen LogP contribution in [0.2, 0.25) is 0 Å². The van der Waals surface area contributed by atoms with Gasteiger partial charge < -0.3 is 50.1 Å². The number of benzene rings is 2. The molecule has 3 amide bonds. The van der Waals surface area contributed by atoms with Crippen molar-refractivity contribution < 1.29 is 24.0 Å². The van der Waals surface area contributed by atoms with E-state index in [-0.39, 0.29) is 47.5 Å². The molecule has 5 unspecified atom stereocenters. The lowest BCUT2D eigenvalue weighted by atomic mass is 9.59. The topological polar surface area (TPSA) is 194 Å². The zero-order valence-electron chi connectivity index (χ0n) is 46.6. The Kier molecular flexibility index (Phi) is 15.2. The molecule has 2 bridgehead atoms. The molecule has 6 saturated heterocycles. The average Bonchev–Trinajstić information content (AvgIpc) is 4.29. The van der Waals surface area contributed by atoms with Gasteiger partial charge in [0.05, 0.1) is 33.5 Å². The van der Waals surface area contributed by atoms with Crippen molar-refractivity contribution in [2.75, 3.05) is 81.0 Å². The Morgan fingerprint density at radius 2 is 1.56 bits per heavy atom. The first-order valence-electron chi connectivity index (χ1n) is 29.6. The van der Waals surface area contributed by atoms with Crippen LogP contribution < -0.4 is 20.9 Å². The predicted molar refractivity (Wildman–Crippen MR) is 307 cm³/mol. The number of amides is 3. The van der Waals surface area contributed by atoms with Gasteiger partial charge in [-0.25, -0.2) is 4.98 Å². The fourth-order valence-electron chi connectivity index (χ4n) is 14.9. The first-order valence-corrected chi connectivity index (χ1v) is 30.4. The highest BCUT2D eigenvalue weighted by atomic mass is 32.1. The molecule has 1 spiro atoms. The number of piperidine rings is 3. The first-order chi connectivity index (χ1) is 38.3. The van der Waals surface area contributed by atoms with Crippen molar-refractivity contribution >= 4 is 46.4 Å². The number of likely N-dealkylation sites (tertiary alicyclic amines) is 3. The zero-order valence-corrected chi connectivity index (χ0v) is 47.5. The number of nitrogens with two attached hydrogens (primary N) is 1. The fraction of sp³-hybridized carbons (Fsp3) is 0.590. The number of rotatable bonds is 14. The number of aromatic nitrogens is 4. The van der Waals surface area contributed by atoms with Crippen LogP contribution in [0.4, 0.5) is 17.3 Å². The molecule has 9 heterocycles. The van der Waals surface area contributed by atoms with Gasteiger partial charge in [0, 0.05) is 74.9 Å². The molecule has 79 heavy (non-hydrogen) atoms. The first kappa shape index (κ1) is 53.5. The van der Waals surface area contributed by atoms with Crippen LogP contribution in [-0.2, 0) is 14.4 Å². The highest BCUT2D eigenvalue weighted by Gasteiger charge is 2.50. The standard InChI is InChI=1S/C61H80N12O5S/c1-38(2)55(60(77)72-23-7-9-50(72)58(75)64-39(3)42-11-13-43(14-12-42)56-40(4)63-37-79-56)53-31-54(67-78-53)70-24-17-41(18-25-70)34-68-28-21-61(22-29-68)32-47(33-61)69-26-19-44(20-27-69)59(76)73-45-15-16-46(73)36-71(35-45)51-30-49(65-66-57(51)62)48-8-5-6-10-52(48)74/h5-6,8,10-14,30-31,37-39,41,44-47,50,55,74H,7,9,15-29,32-36H2,1-4H3,(H2,62,66)(H,64,75). The van der Waals surface area contributed by atoms with Crippen LogP contribution in [0, 0.1) is 30.1 Å². The Bertz CT molecular complexity index is 2950. The second-order valence-corrected chi connectivity index (χ2v) is 25.6. The number of carbonyl (C=O) groups excluding carboxylic acids is 3. The van der Waals surface area contributed by atoms with Crippen LogP contribution in [0.3, 0.4) is 0 Å². The minimum Gasteiger partial charge on any atom is -0.507 e. The summed E-state index contributed by atoms with van der Waals surface area (Å²) < 4.78 is 6.01. The molecule has 5 aromatic rings. The summed E-state index contributed by atoms with van der Waals surface area (Å²) in [7, 11) is 0. The molecule has 7 aliphatic rings. The van der Waals surface area contributed by atoms with E-state index in [0.717, 1.165) is 124 Å². The van der Waals surface area contributed by atoms with Gasteiger partial charge in [-0.1, -0.05) is 55.4 Å². The Morgan fingerprint density at radius 3 is 2.24 bits per heavy atom. The monoisotopic (exact) mass is 1090 g/mol. The van der Waals surface area contributed by atoms with Crippen molar-refractivity contribution in [2.24, 2.45) is 23.2 Å². The summed E-state index contributed by atoms with van der Waals surface area (Å²) in [5.74, 6) is 2.27. The van der Waals surface area contributed by atoms with Gasteiger partial charge in [-0.05, 0) is 164 Å². The normalized spacial score (nSPS) is 24.1. The molecule has 17 nitrogen and oxygen atoms in total. The number of fused-ring (bicyclic) bond motifs is 2. The molecule has 5 atom stereocenters. The number of phenols is 1. The van der Waals surface area contributed by atoms with Crippen molar-refractivity contribution in [3.05, 3.63) is 83.2 Å². The number of carbonyl (C=O) groups is 3. The fourth-order valence-corrected chi connectivity index (χ4v) is 15.7. The van der Waals surface area contributed by atoms with Crippen molar-refractivity contribution in [1.29, 1.82) is 0 Å². The van der Waals surface area contributed by atoms with Crippen LogP contribution in [0.1, 0.15) is 127 Å². The minimum absolute atomic E-state index is 0.0318. The highest BCUT2D eigenvalue weighted by molar-refractivity contribution is 7.13. The van der Waals surface area contributed by atoms with Gasteiger partial charge in [0.1, 0.15) is 17.7 Å². The van der Waals surface area contributed by atoms with E-state index in [1.54, 1.807) is 28.4 Å². The van der Waals surface area contributed by atoms with E-state index in [4.69, 9.17) is 10.3 Å². The van der Waals surface area contributed by atoms with Crippen LogP contribution in [0.25, 0.3) is 21.7 Å². The summed E-state index contributed by atoms with van der Waals surface area (Å²) >= 11 is 1.63. The lowest BCUT2D eigenvalue weighted by Crippen LogP contribution is -2.59. The van der Waals surface area contributed by atoms with Crippen molar-refractivity contribution in [1.82, 2.24) is 45.3 Å². The van der Waals surface area contributed by atoms with Crippen molar-refractivity contribution in [3.63, 3.8) is 0 Å². The molecular weight excluding hydrogens is 1010 g/mol. The Balaban J connectivity index is 0.563. The van der Waals surface area contributed by atoms with Crippen molar-refractivity contribution in [3.8, 4) is 27.4 Å². The van der Waals surface area contributed by atoms with Gasteiger partial charge in [0.25, 0.3) is 0 Å². The lowest BCUT2D eigenvalue weighted by Gasteiger charge is -2.56. The predicted octanol–water partition coefficient (Wildman–Crippen LogP) is 8.51. The average molecular weight is 1090 g/mol. The second-order valence-electron chi connectivity index (χ2n) is 24.8. The Hall–Kier alpha value is -6.11. The van der Waals surface area contributed by atoms with Gasteiger partial charge in [0.2, 0.25) is 17.7 Å². The maximum Gasteiger partial charge on any atom is 0.243 e. The van der Waals surface area contributed by atoms with Gasteiger partial charge in [-0.3, -0.25) is 14.4 Å². The van der Waals surface area contributed by atoms with Crippen LogP contribution in [-0.4, -0.2) is 152 Å². The number of anilines is 3. The molecule has 3 aromatic heterocycles. The Morgan fingerprint density at radius 1 is 0.835 bits per heavy atom. The number of nitrogens with one attached hydrogen (secondary N) is 1. The molecular formula is C61H80N12O5S. The third kappa shape index (κ3) is 10.9. The van der Waals surface area contributed by atoms with Crippen LogP contribution in [0.15, 0.2) is 70.7 Å². The van der Waals surface area contributed by atoms with Gasteiger partial charge in [-0.2, -0.15) is 0 Å². The smallest absolute Gasteiger partial charge is 0.243 e. The van der Waals surface area contributed by atoms with E-state index in [0.29, 0.717) is 59.1 Å². The van der Waals surface area contributed by atoms with E-state index in [1.807, 2.05) is 57.5 Å². The summed E-state index contributed by atoms with van der Waals surface area (Å²) in [4.78, 5) is 62.0. The lowest BCUT2D eigenvalue weighted by molar-refractivity contribution is -0.141. The number of nitrogen functional groups attached to an aromatic ring is 1. The number of thiazole rings is 1. The van der Waals surface area contributed by atoms with Gasteiger partial charge in [0.15, 0.2) is 17.4 Å². The van der Waals surface area contributed by atoms with E-state index in [2.05, 4.69) is 74.4 Å². The van der Waals surface area contributed by atoms with Crippen LogP contribution in [0.5, 0.6) is 5.75 Å². The maximum absolute atomic E-state index is 14.4. The number of para-hydroxylation sites is 1. The van der Waals surface area contributed by atoms with E-state index >= 15 is 0 Å². The highest BCUT2D eigenvalue weighted by Crippen LogP contribution is 2.52. The molecule has 420 valence electrons. The summed E-state index contributed by atoms with van der Waals surface area (Å²) in [6.07, 6.45) is 12.7. The number of hydrogen-bond acceptors (Lipinski definition) is 15. The van der Waals surface area contributed by atoms with E-state index in [9.17, 15) is 19.5 Å². The Labute approximate surface area is 469 Å². The number of phenolic OH excluding ortho intramolecular Hbond substituents is 1. The number of aryl methyl sites for hydroxylation is 1. The molecule has 4 N–H and O–H groups in total. The maximum atomic E-state index is 14.4. The number of nitrogens with zero attached hydrogens (tertiary/aromatic N) is 10. The molecule has 7 fully saturated rings. The number of aromatic hydroxyl groups is 1. The largest absolute Gasteiger partial charge is 0.507 e. The van der Waals surface area contributed by atoms with E-state index < -0.39 is 12.0 Å². The SMILES string of the molecule is Cc1ncsc1-c1ccc(C(C)NC(=O)C2CCCN2C(=O)C(c2cc(N3CCC(CN4CCC5(CC4)CC(N4CCC(C(=O)N6C7CCC6CN(c6cc(-c8ccccc8O)nnc6N)C7)CC4)C5)CC3)no2)C(C)C)cc1. The van der Waals surface area contributed by atoms with Crippen molar-refractivity contribution in [2.45, 2.75) is 141 Å².